The molecule has 2 rings (SSSR count). The van der Waals surface area contributed by atoms with Gasteiger partial charge in [0, 0.05) is 21.2 Å². The summed E-state index contributed by atoms with van der Waals surface area (Å²) >= 11 is 8.02. The third-order valence-electron chi connectivity index (χ3n) is 2.34. The molecule has 1 aromatic carbocycles. The average molecular weight is 380 g/mol. The molecule has 0 saturated heterocycles. The van der Waals surface area contributed by atoms with E-state index in [1.54, 1.807) is 23.5 Å². The lowest BCUT2D eigenvalue weighted by Gasteiger charge is -2.10. The van der Waals surface area contributed by atoms with Crippen LogP contribution in [0.1, 0.15) is 16.5 Å². The molecule has 0 amide bonds. The largest absolute Gasteiger partial charge is 0.388 e. The summed E-state index contributed by atoms with van der Waals surface area (Å²) in [4.78, 5) is 1.06. The van der Waals surface area contributed by atoms with Gasteiger partial charge in [-0.05, 0) is 55.6 Å². The first-order chi connectivity index (χ1) is 8.06. The quantitative estimate of drug-likeness (QED) is 0.820. The number of aliphatic hydroxyl groups is 1. The maximum absolute atomic E-state index is 13.3. The Hall–Kier alpha value is -0.230. The summed E-state index contributed by atoms with van der Waals surface area (Å²) in [6.07, 6.45) is -0.180. The Bertz CT molecular complexity index is 527. The first-order valence-corrected chi connectivity index (χ1v) is 7.39. The third-order valence-corrected chi connectivity index (χ3v) is 4.71. The van der Waals surface area contributed by atoms with Crippen LogP contribution in [0.3, 0.4) is 0 Å². The first kappa shape index (κ1) is 13.2. The van der Waals surface area contributed by atoms with Gasteiger partial charge in [0.1, 0.15) is 5.82 Å². The van der Waals surface area contributed by atoms with Gasteiger partial charge in [-0.3, -0.25) is 0 Å². The van der Waals surface area contributed by atoms with Crippen molar-refractivity contribution in [3.63, 3.8) is 0 Å². The van der Waals surface area contributed by atoms with E-state index in [-0.39, 0.29) is 5.82 Å². The SMILES string of the molecule is OC(Cc1cc(Br)cs1)c1ccc(Br)c(F)c1. The van der Waals surface area contributed by atoms with Crippen molar-refractivity contribution in [2.24, 2.45) is 0 Å². The molecule has 0 aliphatic carbocycles. The van der Waals surface area contributed by atoms with E-state index in [0.29, 0.717) is 16.5 Å². The Morgan fingerprint density at radius 3 is 2.65 bits per heavy atom. The lowest BCUT2D eigenvalue weighted by atomic mass is 10.1. The number of benzene rings is 1. The molecule has 0 aliphatic rings. The highest BCUT2D eigenvalue weighted by atomic mass is 79.9. The summed E-state index contributed by atoms with van der Waals surface area (Å²) in [6, 6.07) is 6.65. The molecule has 1 atom stereocenters. The van der Waals surface area contributed by atoms with Gasteiger partial charge in [-0.25, -0.2) is 4.39 Å². The summed E-state index contributed by atoms with van der Waals surface area (Å²) in [6.45, 7) is 0. The number of hydrogen-bond donors (Lipinski definition) is 1. The normalized spacial score (nSPS) is 12.7. The van der Waals surface area contributed by atoms with Gasteiger partial charge >= 0.3 is 0 Å². The number of halogens is 3. The number of aliphatic hydroxyl groups excluding tert-OH is 1. The molecule has 0 spiro atoms. The Balaban J connectivity index is 2.14. The Labute approximate surface area is 120 Å². The van der Waals surface area contributed by atoms with Crippen LogP contribution in [0.5, 0.6) is 0 Å². The minimum Gasteiger partial charge on any atom is -0.388 e. The zero-order valence-corrected chi connectivity index (χ0v) is 12.6. The molecular formula is C12H9Br2FOS. The van der Waals surface area contributed by atoms with Crippen LogP contribution in [0.25, 0.3) is 0 Å². The van der Waals surface area contributed by atoms with Crippen LogP contribution in [0, 0.1) is 5.82 Å². The number of thiophene rings is 1. The number of hydrogen-bond acceptors (Lipinski definition) is 2. The van der Waals surface area contributed by atoms with Crippen LogP contribution in [0.2, 0.25) is 0 Å². The summed E-state index contributed by atoms with van der Waals surface area (Å²) in [5, 5.41) is 12.0. The van der Waals surface area contributed by atoms with Crippen molar-refractivity contribution in [2.45, 2.75) is 12.5 Å². The molecule has 0 aliphatic heterocycles. The van der Waals surface area contributed by atoms with Gasteiger partial charge in [-0.2, -0.15) is 0 Å². The Morgan fingerprint density at radius 2 is 2.06 bits per heavy atom. The Kier molecular flexibility index (Phi) is 4.36. The van der Waals surface area contributed by atoms with Crippen LogP contribution in [-0.2, 0) is 6.42 Å². The van der Waals surface area contributed by atoms with E-state index in [1.165, 1.54) is 6.07 Å². The molecule has 1 unspecified atom stereocenters. The summed E-state index contributed by atoms with van der Waals surface area (Å²) in [5.41, 5.74) is 0.593. The van der Waals surface area contributed by atoms with E-state index >= 15 is 0 Å². The fourth-order valence-corrected chi connectivity index (χ4v) is 3.22. The van der Waals surface area contributed by atoms with Gasteiger partial charge in [-0.15, -0.1) is 11.3 Å². The second-order valence-corrected chi connectivity index (χ2v) is 6.39. The summed E-state index contributed by atoms with van der Waals surface area (Å²) in [7, 11) is 0. The van der Waals surface area contributed by atoms with Gasteiger partial charge in [0.2, 0.25) is 0 Å². The molecule has 2 aromatic rings. The molecule has 1 nitrogen and oxygen atoms in total. The van der Waals surface area contributed by atoms with Gasteiger partial charge in [0.25, 0.3) is 0 Å². The van der Waals surface area contributed by atoms with Crippen LogP contribution >= 0.6 is 43.2 Å². The molecule has 0 bridgehead atoms. The van der Waals surface area contributed by atoms with Crippen molar-refractivity contribution in [2.75, 3.05) is 0 Å². The van der Waals surface area contributed by atoms with E-state index in [2.05, 4.69) is 31.9 Å². The van der Waals surface area contributed by atoms with Gasteiger partial charge in [0.15, 0.2) is 0 Å². The minimum absolute atomic E-state index is 0.353. The van der Waals surface area contributed by atoms with Crippen molar-refractivity contribution in [1.29, 1.82) is 0 Å². The Morgan fingerprint density at radius 1 is 1.29 bits per heavy atom. The molecule has 0 saturated carbocycles. The molecule has 1 aromatic heterocycles. The lowest BCUT2D eigenvalue weighted by Crippen LogP contribution is -2.01. The van der Waals surface area contributed by atoms with Gasteiger partial charge in [-0.1, -0.05) is 6.07 Å². The minimum atomic E-state index is -0.678. The van der Waals surface area contributed by atoms with Crippen LogP contribution in [-0.4, -0.2) is 5.11 Å². The number of rotatable bonds is 3. The maximum atomic E-state index is 13.3. The molecule has 0 radical (unpaired) electrons. The molecule has 1 N–H and O–H groups in total. The molecule has 17 heavy (non-hydrogen) atoms. The monoisotopic (exact) mass is 378 g/mol. The summed E-state index contributed by atoms with van der Waals surface area (Å²) < 4.78 is 14.7. The zero-order chi connectivity index (χ0) is 12.4. The van der Waals surface area contributed by atoms with Crippen molar-refractivity contribution in [3.05, 3.63) is 54.8 Å². The molecule has 1 heterocycles. The highest BCUT2D eigenvalue weighted by Crippen LogP contribution is 2.27. The van der Waals surface area contributed by atoms with Crippen LogP contribution in [0.4, 0.5) is 4.39 Å². The second kappa shape index (κ2) is 5.61. The average Bonchev–Trinajstić information content (AvgIpc) is 2.68. The zero-order valence-electron chi connectivity index (χ0n) is 8.66. The van der Waals surface area contributed by atoms with Crippen molar-refractivity contribution >= 4 is 43.2 Å². The van der Waals surface area contributed by atoms with E-state index in [4.69, 9.17) is 0 Å². The fraction of sp³-hybridized carbons (Fsp3) is 0.167. The summed E-state index contributed by atoms with van der Waals surface area (Å²) in [5.74, 6) is -0.353. The second-order valence-electron chi connectivity index (χ2n) is 3.62. The molecule has 5 heteroatoms. The van der Waals surface area contributed by atoms with E-state index in [1.807, 2.05) is 11.4 Å². The predicted octanol–water partition coefficient (Wildman–Crippen LogP) is 4.69. The van der Waals surface area contributed by atoms with Crippen molar-refractivity contribution in [1.82, 2.24) is 0 Å². The smallest absolute Gasteiger partial charge is 0.137 e. The van der Waals surface area contributed by atoms with Crippen LogP contribution < -0.4 is 0 Å². The van der Waals surface area contributed by atoms with Gasteiger partial charge in [0.05, 0.1) is 10.6 Å². The van der Waals surface area contributed by atoms with Crippen LogP contribution in [0.15, 0.2) is 38.6 Å². The molecule has 90 valence electrons. The highest BCUT2D eigenvalue weighted by Gasteiger charge is 2.12. The van der Waals surface area contributed by atoms with E-state index in [9.17, 15) is 9.50 Å². The molecule has 0 fully saturated rings. The first-order valence-electron chi connectivity index (χ1n) is 4.92. The lowest BCUT2D eigenvalue weighted by molar-refractivity contribution is 0.179. The highest BCUT2D eigenvalue weighted by molar-refractivity contribution is 9.10. The van der Waals surface area contributed by atoms with E-state index in [0.717, 1.165) is 9.35 Å². The standard InChI is InChI=1S/C12H9Br2FOS/c13-8-4-9(17-6-8)5-12(16)7-1-2-10(14)11(15)3-7/h1-4,6,12,16H,5H2. The van der Waals surface area contributed by atoms with Gasteiger partial charge < -0.3 is 5.11 Å². The third kappa shape index (κ3) is 3.37. The fourth-order valence-electron chi connectivity index (χ4n) is 1.49. The van der Waals surface area contributed by atoms with Crippen molar-refractivity contribution in [3.8, 4) is 0 Å². The predicted molar refractivity (Wildman–Crippen MR) is 74.8 cm³/mol. The molecular weight excluding hydrogens is 371 g/mol. The maximum Gasteiger partial charge on any atom is 0.137 e. The topological polar surface area (TPSA) is 20.2 Å². The van der Waals surface area contributed by atoms with E-state index < -0.39 is 6.10 Å². The van der Waals surface area contributed by atoms with Crippen molar-refractivity contribution < 1.29 is 9.50 Å².